The fourth-order valence-electron chi connectivity index (χ4n) is 1.78. The number of hydrogen-bond acceptors (Lipinski definition) is 8. The summed E-state index contributed by atoms with van der Waals surface area (Å²) >= 11 is 2.55. The van der Waals surface area contributed by atoms with Crippen LogP contribution in [-0.4, -0.2) is 34.6 Å². The average Bonchev–Trinajstić information content (AvgIpc) is 2.99. The monoisotopic (exact) mass is 347 g/mol. The molecule has 0 saturated carbocycles. The molecule has 118 valence electrons. The zero-order chi connectivity index (χ0) is 16.8. The minimum Gasteiger partial charge on any atom is -0.454 e. The van der Waals surface area contributed by atoms with Gasteiger partial charge in [-0.1, -0.05) is 0 Å². The molecular formula is C15H13N3O3S2. The van der Waals surface area contributed by atoms with E-state index in [9.17, 15) is 9.59 Å². The van der Waals surface area contributed by atoms with Gasteiger partial charge < -0.3 is 4.74 Å². The lowest BCUT2D eigenvalue weighted by atomic mass is 10.1. The van der Waals surface area contributed by atoms with Crippen LogP contribution < -0.4 is 0 Å². The number of aryl methyl sites for hydroxylation is 1. The van der Waals surface area contributed by atoms with E-state index < -0.39 is 24.3 Å². The predicted molar refractivity (Wildman–Crippen MR) is 86.5 cm³/mol. The van der Waals surface area contributed by atoms with Crippen LogP contribution in [0.5, 0.6) is 0 Å². The number of thiazole rings is 1. The molecule has 2 rings (SSSR count). The summed E-state index contributed by atoms with van der Waals surface area (Å²) in [4.78, 5) is 32.4. The zero-order valence-electron chi connectivity index (χ0n) is 12.5. The van der Waals surface area contributed by atoms with Gasteiger partial charge in [-0.25, -0.2) is 14.8 Å². The lowest BCUT2D eigenvalue weighted by molar-refractivity contribution is -0.122. The number of thioether (sulfide) groups is 1. The molecule has 0 aliphatic rings. The number of Topliss-reactive ketones (excluding diaryl/α,β-unsaturated/α-hetero) is 1. The van der Waals surface area contributed by atoms with Gasteiger partial charge >= 0.3 is 5.97 Å². The fourth-order valence-corrected chi connectivity index (χ4v) is 3.17. The number of nitrogens with zero attached hydrogens (tertiary/aromatic N) is 3. The average molecular weight is 347 g/mol. The molecule has 0 fully saturated rings. The predicted octanol–water partition coefficient (Wildman–Crippen LogP) is 2.60. The first kappa shape index (κ1) is 17.1. The van der Waals surface area contributed by atoms with Crippen LogP contribution >= 0.6 is 23.1 Å². The Balaban J connectivity index is 2.03. The van der Waals surface area contributed by atoms with E-state index in [0.717, 1.165) is 5.69 Å². The molecule has 0 aliphatic carbocycles. The van der Waals surface area contributed by atoms with Gasteiger partial charge in [0.05, 0.1) is 11.6 Å². The molecule has 6 nitrogen and oxygen atoms in total. The molecule has 0 bridgehead atoms. The molecule has 1 atom stereocenters. The molecular weight excluding hydrogens is 334 g/mol. The largest absolute Gasteiger partial charge is 0.454 e. The van der Waals surface area contributed by atoms with Crippen molar-refractivity contribution in [2.75, 3.05) is 12.9 Å². The second-order valence-electron chi connectivity index (χ2n) is 4.49. The van der Waals surface area contributed by atoms with Crippen LogP contribution in [0.15, 0.2) is 28.7 Å². The molecule has 2 heterocycles. The van der Waals surface area contributed by atoms with Crippen molar-refractivity contribution < 1.29 is 14.3 Å². The molecule has 0 aromatic carbocycles. The molecule has 8 heteroatoms. The highest BCUT2D eigenvalue weighted by Gasteiger charge is 2.25. The van der Waals surface area contributed by atoms with Crippen molar-refractivity contribution >= 4 is 34.9 Å². The molecule has 2 aromatic heterocycles. The number of rotatable bonds is 6. The number of esters is 1. The molecule has 0 aliphatic heterocycles. The topological polar surface area (TPSA) is 92.9 Å². The first-order chi connectivity index (χ1) is 11.1. The Morgan fingerprint density at radius 2 is 2.30 bits per heavy atom. The number of carbonyl (C=O) groups is 2. The van der Waals surface area contributed by atoms with Gasteiger partial charge in [0.15, 0.2) is 18.3 Å². The second kappa shape index (κ2) is 7.85. The fraction of sp³-hybridized carbons (Fsp3) is 0.267. The number of pyridine rings is 1. The lowest BCUT2D eigenvalue weighted by Gasteiger charge is -2.08. The summed E-state index contributed by atoms with van der Waals surface area (Å²) in [5.74, 6) is -2.15. The van der Waals surface area contributed by atoms with E-state index >= 15 is 0 Å². The van der Waals surface area contributed by atoms with Crippen molar-refractivity contribution in [3.63, 3.8) is 0 Å². The SMILES string of the molecule is CSc1ncccc1C(=O)OCC(=O)[C@H](C#N)c1nc(C)cs1. The van der Waals surface area contributed by atoms with E-state index in [-0.39, 0.29) is 0 Å². The maximum atomic E-state index is 12.1. The summed E-state index contributed by atoms with van der Waals surface area (Å²) in [7, 11) is 0. The van der Waals surface area contributed by atoms with Crippen molar-refractivity contribution in [2.45, 2.75) is 17.9 Å². The number of ketones is 1. The van der Waals surface area contributed by atoms with Gasteiger partial charge in [-0.15, -0.1) is 23.1 Å². The number of carbonyl (C=O) groups excluding carboxylic acids is 2. The molecule has 0 N–H and O–H groups in total. The lowest BCUT2D eigenvalue weighted by Crippen LogP contribution is -2.20. The van der Waals surface area contributed by atoms with Crippen molar-refractivity contribution in [1.82, 2.24) is 9.97 Å². The van der Waals surface area contributed by atoms with Crippen LogP contribution in [-0.2, 0) is 9.53 Å². The van der Waals surface area contributed by atoms with Crippen molar-refractivity contribution in [2.24, 2.45) is 0 Å². The maximum Gasteiger partial charge on any atom is 0.341 e. The molecule has 0 saturated heterocycles. The maximum absolute atomic E-state index is 12.1. The van der Waals surface area contributed by atoms with E-state index in [1.807, 2.05) is 6.07 Å². The Hall–Kier alpha value is -2.24. The second-order valence-corrected chi connectivity index (χ2v) is 6.18. The van der Waals surface area contributed by atoms with Gasteiger partial charge in [0, 0.05) is 17.3 Å². The third-order valence-corrected chi connectivity index (χ3v) is 4.60. The molecule has 2 aromatic rings. The Kier molecular flexibility index (Phi) is 5.84. The summed E-state index contributed by atoms with van der Waals surface area (Å²) in [6.45, 7) is 1.31. The summed E-state index contributed by atoms with van der Waals surface area (Å²) in [5.41, 5.74) is 1.04. The van der Waals surface area contributed by atoms with Crippen LogP contribution in [0.4, 0.5) is 0 Å². The highest BCUT2D eigenvalue weighted by Crippen LogP contribution is 2.21. The standard InChI is InChI=1S/C15H13N3O3S2/c1-9-8-23-14(18-9)11(6-16)12(19)7-21-15(20)10-4-3-5-17-13(10)22-2/h3-5,8,11H,7H2,1-2H3/t11-/m0/s1. The van der Waals surface area contributed by atoms with Gasteiger partial charge in [0.25, 0.3) is 0 Å². The molecule has 0 amide bonds. The van der Waals surface area contributed by atoms with E-state index in [1.54, 1.807) is 36.9 Å². The third-order valence-electron chi connectivity index (χ3n) is 2.86. The molecule has 0 unspecified atom stereocenters. The Morgan fingerprint density at radius 1 is 1.52 bits per heavy atom. The highest BCUT2D eigenvalue weighted by molar-refractivity contribution is 7.98. The van der Waals surface area contributed by atoms with E-state index in [0.29, 0.717) is 15.6 Å². The summed E-state index contributed by atoms with van der Waals surface area (Å²) in [6, 6.07) is 5.11. The van der Waals surface area contributed by atoms with Crippen molar-refractivity contribution in [3.8, 4) is 6.07 Å². The number of ether oxygens (including phenoxy) is 1. The van der Waals surface area contributed by atoms with Gasteiger partial charge in [-0.05, 0) is 25.3 Å². The highest BCUT2D eigenvalue weighted by atomic mass is 32.2. The van der Waals surface area contributed by atoms with Crippen LogP contribution in [0, 0.1) is 18.3 Å². The number of hydrogen-bond donors (Lipinski definition) is 0. The van der Waals surface area contributed by atoms with E-state index in [4.69, 9.17) is 10.00 Å². The third kappa shape index (κ3) is 4.15. The van der Waals surface area contributed by atoms with Gasteiger partial charge in [0.2, 0.25) is 0 Å². The van der Waals surface area contributed by atoms with Crippen LogP contribution in [0.1, 0.15) is 27.0 Å². The first-order valence-electron chi connectivity index (χ1n) is 6.57. The smallest absolute Gasteiger partial charge is 0.341 e. The molecule has 0 spiro atoms. The Bertz CT molecular complexity index is 767. The summed E-state index contributed by atoms with van der Waals surface area (Å²) < 4.78 is 5.03. The van der Waals surface area contributed by atoms with Crippen LogP contribution in [0.3, 0.4) is 0 Å². The minimum absolute atomic E-state index is 0.298. The molecule has 0 radical (unpaired) electrons. The van der Waals surface area contributed by atoms with Gasteiger partial charge in [0.1, 0.15) is 10.0 Å². The Morgan fingerprint density at radius 3 is 2.91 bits per heavy atom. The minimum atomic E-state index is -1.02. The van der Waals surface area contributed by atoms with E-state index in [1.165, 1.54) is 23.1 Å². The molecule has 23 heavy (non-hydrogen) atoms. The number of aromatic nitrogens is 2. The van der Waals surface area contributed by atoms with Crippen molar-refractivity contribution in [1.29, 1.82) is 5.26 Å². The normalized spacial score (nSPS) is 11.5. The Labute approximate surface area is 141 Å². The van der Waals surface area contributed by atoms with Crippen LogP contribution in [0.2, 0.25) is 0 Å². The van der Waals surface area contributed by atoms with Gasteiger partial charge in [-0.2, -0.15) is 5.26 Å². The quantitative estimate of drug-likeness (QED) is 0.585. The zero-order valence-corrected chi connectivity index (χ0v) is 14.1. The summed E-state index contributed by atoms with van der Waals surface area (Å²) in [5, 5.41) is 11.9. The first-order valence-corrected chi connectivity index (χ1v) is 8.67. The summed E-state index contributed by atoms with van der Waals surface area (Å²) in [6.07, 6.45) is 3.37. The number of nitriles is 1. The van der Waals surface area contributed by atoms with E-state index in [2.05, 4.69) is 9.97 Å². The van der Waals surface area contributed by atoms with Gasteiger partial charge in [-0.3, -0.25) is 4.79 Å². The van der Waals surface area contributed by atoms with Crippen molar-refractivity contribution in [3.05, 3.63) is 40.0 Å². The van der Waals surface area contributed by atoms with Crippen LogP contribution in [0.25, 0.3) is 0 Å².